The summed E-state index contributed by atoms with van der Waals surface area (Å²) >= 11 is 0. The molecule has 0 aliphatic carbocycles. The number of aryl methyl sites for hydroxylation is 1. The summed E-state index contributed by atoms with van der Waals surface area (Å²) in [6, 6.07) is 5.02. The number of esters is 1. The first-order valence-corrected chi connectivity index (χ1v) is 5.61. The third-order valence-corrected chi connectivity index (χ3v) is 2.82. The summed E-state index contributed by atoms with van der Waals surface area (Å²) in [6.45, 7) is 2.75. The zero-order chi connectivity index (χ0) is 14.2. The monoisotopic (exact) mass is 271 g/mol. The van der Waals surface area contributed by atoms with Gasteiger partial charge in [-0.25, -0.2) is 0 Å². The summed E-state index contributed by atoms with van der Waals surface area (Å²) in [7, 11) is 0. The van der Waals surface area contributed by atoms with Crippen molar-refractivity contribution in [2.24, 2.45) is 0 Å². The van der Waals surface area contributed by atoms with Gasteiger partial charge in [0.15, 0.2) is 0 Å². The van der Waals surface area contributed by atoms with Crippen molar-refractivity contribution in [1.82, 2.24) is 4.98 Å². The van der Waals surface area contributed by atoms with Crippen molar-refractivity contribution >= 4 is 16.9 Å². The minimum Gasteiger partial charge on any atom is -0.448 e. The van der Waals surface area contributed by atoms with Crippen molar-refractivity contribution in [2.75, 3.05) is 0 Å². The van der Waals surface area contributed by atoms with Gasteiger partial charge in [0.2, 0.25) is 6.10 Å². The minimum absolute atomic E-state index is 0.0820. The third-order valence-electron chi connectivity index (χ3n) is 2.82. The first-order valence-electron chi connectivity index (χ1n) is 5.61. The Morgan fingerprint density at radius 1 is 1.37 bits per heavy atom. The molecule has 6 heteroatoms. The van der Waals surface area contributed by atoms with Gasteiger partial charge in [-0.3, -0.25) is 4.79 Å². The molecule has 1 N–H and O–H groups in total. The lowest BCUT2D eigenvalue weighted by atomic mass is 10.1. The highest BCUT2D eigenvalue weighted by atomic mass is 19.4. The van der Waals surface area contributed by atoms with Crippen molar-refractivity contribution in [1.29, 1.82) is 0 Å². The molecule has 0 radical (unpaired) electrons. The second kappa shape index (κ2) is 4.60. The highest BCUT2D eigenvalue weighted by Gasteiger charge is 2.44. The zero-order valence-corrected chi connectivity index (χ0v) is 10.3. The Morgan fingerprint density at radius 3 is 2.63 bits per heavy atom. The molecule has 3 nitrogen and oxygen atoms in total. The number of aromatic amines is 1. The van der Waals surface area contributed by atoms with E-state index in [2.05, 4.69) is 9.72 Å². The molecule has 0 unspecified atom stereocenters. The number of hydrogen-bond donors (Lipinski definition) is 1. The van der Waals surface area contributed by atoms with Gasteiger partial charge in [0.1, 0.15) is 0 Å². The molecular weight excluding hydrogens is 259 g/mol. The predicted octanol–water partition coefficient (Wildman–Crippen LogP) is 3.64. The minimum atomic E-state index is -4.65. The Hall–Kier alpha value is -1.98. The number of H-pyrrole nitrogens is 1. The predicted molar refractivity (Wildman–Crippen MR) is 63.6 cm³/mol. The van der Waals surface area contributed by atoms with E-state index in [1.54, 1.807) is 25.1 Å². The number of nitrogens with one attached hydrogen (secondary N) is 1. The molecule has 0 bridgehead atoms. The van der Waals surface area contributed by atoms with Gasteiger partial charge in [-0.2, -0.15) is 13.2 Å². The van der Waals surface area contributed by atoms with Crippen LogP contribution in [-0.4, -0.2) is 17.1 Å². The number of aromatic nitrogens is 1. The smallest absolute Gasteiger partial charge is 0.429 e. The molecule has 1 atom stereocenters. The van der Waals surface area contributed by atoms with Gasteiger partial charge in [0.25, 0.3) is 0 Å². The number of alkyl halides is 3. The number of carbonyl (C=O) groups excluding carboxylic acids is 1. The molecule has 2 aromatic rings. The van der Waals surface area contributed by atoms with Crippen LogP contribution >= 0.6 is 0 Å². The number of rotatable bonds is 2. The SMILES string of the molecule is CC(=O)O[C@@H](c1c[nH]c2c(C)cccc12)C(F)(F)F. The largest absolute Gasteiger partial charge is 0.448 e. The second-order valence-corrected chi connectivity index (χ2v) is 4.27. The normalized spacial score (nSPS) is 13.5. The van der Waals surface area contributed by atoms with Crippen LogP contribution in [0.3, 0.4) is 0 Å². The summed E-state index contributed by atoms with van der Waals surface area (Å²) in [6.07, 6.45) is -5.66. The zero-order valence-electron chi connectivity index (χ0n) is 10.3. The highest BCUT2D eigenvalue weighted by Crippen LogP contribution is 2.39. The molecule has 1 heterocycles. The average molecular weight is 271 g/mol. The number of benzene rings is 1. The van der Waals surface area contributed by atoms with Gasteiger partial charge >= 0.3 is 12.1 Å². The average Bonchev–Trinajstić information content (AvgIpc) is 2.69. The van der Waals surface area contributed by atoms with Crippen molar-refractivity contribution in [3.8, 4) is 0 Å². The van der Waals surface area contributed by atoms with E-state index in [0.29, 0.717) is 10.9 Å². The standard InChI is InChI=1S/C13H12F3NO2/c1-7-4-3-5-9-10(6-17-11(7)9)12(13(14,15)16)19-8(2)18/h3-6,12,17H,1-2H3/t12-/m0/s1. The number of ether oxygens (including phenoxy) is 1. The van der Waals surface area contributed by atoms with Gasteiger partial charge in [-0.1, -0.05) is 18.2 Å². The lowest BCUT2D eigenvalue weighted by molar-refractivity contribution is -0.222. The molecule has 1 aromatic heterocycles. The van der Waals surface area contributed by atoms with Crippen LogP contribution < -0.4 is 0 Å². The van der Waals surface area contributed by atoms with E-state index in [1.807, 2.05) is 0 Å². The van der Waals surface area contributed by atoms with Crippen LogP contribution in [0, 0.1) is 6.92 Å². The highest BCUT2D eigenvalue weighted by molar-refractivity contribution is 5.86. The Balaban J connectivity index is 2.57. The number of carbonyl (C=O) groups is 1. The van der Waals surface area contributed by atoms with Gasteiger partial charge < -0.3 is 9.72 Å². The van der Waals surface area contributed by atoms with E-state index < -0.39 is 18.2 Å². The molecule has 2 rings (SSSR count). The van der Waals surface area contributed by atoms with Crippen LogP contribution in [0.2, 0.25) is 0 Å². The van der Waals surface area contributed by atoms with Gasteiger partial charge in [-0.05, 0) is 12.5 Å². The quantitative estimate of drug-likeness (QED) is 0.847. The molecule has 0 saturated carbocycles. The van der Waals surface area contributed by atoms with E-state index in [4.69, 9.17) is 0 Å². The molecule has 1 aromatic carbocycles. The van der Waals surface area contributed by atoms with Gasteiger partial charge in [0, 0.05) is 29.6 Å². The van der Waals surface area contributed by atoms with Gasteiger partial charge in [0.05, 0.1) is 0 Å². The van der Waals surface area contributed by atoms with E-state index in [9.17, 15) is 18.0 Å². The summed E-state index contributed by atoms with van der Waals surface area (Å²) in [5.41, 5.74) is 1.35. The fourth-order valence-electron chi connectivity index (χ4n) is 2.02. The van der Waals surface area contributed by atoms with Crippen molar-refractivity contribution < 1.29 is 22.7 Å². The first kappa shape index (κ1) is 13.5. The third kappa shape index (κ3) is 2.57. The Labute approximate surface area is 107 Å². The fourth-order valence-corrected chi connectivity index (χ4v) is 2.02. The number of fused-ring (bicyclic) bond motifs is 1. The van der Waals surface area contributed by atoms with Gasteiger partial charge in [-0.15, -0.1) is 0 Å². The lowest BCUT2D eigenvalue weighted by Crippen LogP contribution is -2.25. The number of halogens is 3. The van der Waals surface area contributed by atoms with Crippen LogP contribution in [0.15, 0.2) is 24.4 Å². The van der Waals surface area contributed by atoms with Crippen LogP contribution in [-0.2, 0) is 9.53 Å². The van der Waals surface area contributed by atoms with Crippen LogP contribution in [0.5, 0.6) is 0 Å². The molecule has 0 aliphatic rings. The molecule has 0 fully saturated rings. The maximum atomic E-state index is 13.0. The van der Waals surface area contributed by atoms with Crippen LogP contribution in [0.25, 0.3) is 10.9 Å². The molecular formula is C13H12F3NO2. The summed E-state index contributed by atoms with van der Waals surface area (Å²) < 4.78 is 43.4. The maximum absolute atomic E-state index is 13.0. The van der Waals surface area contributed by atoms with Crippen molar-refractivity contribution in [3.05, 3.63) is 35.5 Å². The Bertz CT molecular complexity index is 616. The molecule has 0 amide bonds. The first-order chi connectivity index (χ1) is 8.80. The summed E-state index contributed by atoms with van der Waals surface area (Å²) in [5, 5.41) is 0.406. The number of para-hydroxylation sites is 1. The molecule has 0 spiro atoms. The number of hydrogen-bond acceptors (Lipinski definition) is 2. The van der Waals surface area contributed by atoms with Crippen molar-refractivity contribution in [3.63, 3.8) is 0 Å². The Morgan fingerprint density at radius 2 is 2.05 bits per heavy atom. The topological polar surface area (TPSA) is 42.1 Å². The summed E-state index contributed by atoms with van der Waals surface area (Å²) in [5.74, 6) is -0.968. The maximum Gasteiger partial charge on any atom is 0.429 e. The van der Waals surface area contributed by atoms with E-state index in [0.717, 1.165) is 12.5 Å². The van der Waals surface area contributed by atoms with Crippen LogP contribution in [0.4, 0.5) is 13.2 Å². The van der Waals surface area contributed by atoms with E-state index in [1.165, 1.54) is 6.20 Å². The molecule has 0 saturated heterocycles. The van der Waals surface area contributed by atoms with E-state index >= 15 is 0 Å². The fraction of sp³-hybridized carbons (Fsp3) is 0.308. The Kier molecular flexibility index (Phi) is 3.26. The second-order valence-electron chi connectivity index (χ2n) is 4.27. The van der Waals surface area contributed by atoms with Crippen molar-refractivity contribution in [2.45, 2.75) is 26.1 Å². The summed E-state index contributed by atoms with van der Waals surface area (Å²) in [4.78, 5) is 13.7. The van der Waals surface area contributed by atoms with Crippen LogP contribution in [0.1, 0.15) is 24.2 Å². The lowest BCUT2D eigenvalue weighted by Gasteiger charge is -2.19. The molecule has 19 heavy (non-hydrogen) atoms. The van der Waals surface area contributed by atoms with E-state index in [-0.39, 0.29) is 5.56 Å². The molecule has 0 aliphatic heterocycles. The molecule has 102 valence electrons.